The average Bonchev–Trinajstić information content (AvgIpc) is 2.44. The number of hydrogen-bond donors (Lipinski definition) is 0. The first-order valence-electron chi connectivity index (χ1n) is 5.97. The van der Waals surface area contributed by atoms with Crippen LogP contribution >= 0.6 is 11.8 Å². The largest absolute Gasteiger partial charge is 0.496 e. The molecule has 7 heteroatoms. The number of ether oxygens (including phenoxy) is 2. The van der Waals surface area contributed by atoms with E-state index in [4.69, 9.17) is 4.74 Å². The van der Waals surface area contributed by atoms with Crippen molar-refractivity contribution in [3.05, 3.63) is 33.9 Å². The monoisotopic (exact) mass is 299 g/mol. The Morgan fingerprint density at radius 3 is 2.65 bits per heavy atom. The minimum atomic E-state index is -0.450. The Kier molecular flexibility index (Phi) is 6.30. The van der Waals surface area contributed by atoms with Gasteiger partial charge in [0, 0.05) is 17.1 Å². The minimum Gasteiger partial charge on any atom is -0.496 e. The van der Waals surface area contributed by atoms with Crippen molar-refractivity contribution in [2.75, 3.05) is 14.2 Å². The van der Waals surface area contributed by atoms with Crippen LogP contribution in [-0.2, 0) is 15.3 Å². The van der Waals surface area contributed by atoms with Gasteiger partial charge in [0.2, 0.25) is 0 Å². The Morgan fingerprint density at radius 1 is 1.40 bits per heavy atom. The van der Waals surface area contributed by atoms with E-state index in [0.29, 0.717) is 17.9 Å². The molecule has 110 valence electrons. The van der Waals surface area contributed by atoms with Gasteiger partial charge in [0.15, 0.2) is 0 Å². The van der Waals surface area contributed by atoms with Crippen LogP contribution in [0.2, 0.25) is 0 Å². The van der Waals surface area contributed by atoms with E-state index in [2.05, 4.69) is 4.74 Å². The fraction of sp³-hybridized carbons (Fsp3) is 0.462. The molecule has 0 saturated heterocycles. The predicted octanol–water partition coefficient (Wildman–Crippen LogP) is 2.79. The number of nitrogens with zero attached hydrogens (tertiary/aromatic N) is 1. The molecule has 0 aromatic heterocycles. The van der Waals surface area contributed by atoms with Gasteiger partial charge in [-0.1, -0.05) is 6.92 Å². The van der Waals surface area contributed by atoms with Crippen LogP contribution in [0.1, 0.15) is 18.9 Å². The molecule has 0 aliphatic heterocycles. The van der Waals surface area contributed by atoms with E-state index in [9.17, 15) is 14.9 Å². The van der Waals surface area contributed by atoms with Crippen molar-refractivity contribution in [3.8, 4) is 5.75 Å². The second kappa shape index (κ2) is 7.74. The van der Waals surface area contributed by atoms with Gasteiger partial charge >= 0.3 is 5.97 Å². The zero-order valence-corrected chi connectivity index (χ0v) is 12.4. The predicted molar refractivity (Wildman–Crippen MR) is 77.0 cm³/mol. The summed E-state index contributed by atoms with van der Waals surface area (Å²) in [6.45, 7) is 1.91. The van der Waals surface area contributed by atoms with E-state index in [1.165, 1.54) is 38.1 Å². The first-order valence-corrected chi connectivity index (χ1v) is 7.02. The molecule has 0 heterocycles. The highest BCUT2D eigenvalue weighted by Crippen LogP contribution is 2.27. The van der Waals surface area contributed by atoms with Crippen molar-refractivity contribution >= 4 is 23.4 Å². The number of nitro groups is 1. The van der Waals surface area contributed by atoms with E-state index < -0.39 is 4.92 Å². The second-order valence-corrected chi connectivity index (χ2v) is 5.63. The summed E-state index contributed by atoms with van der Waals surface area (Å²) in [6.07, 6.45) is 0.313. The van der Waals surface area contributed by atoms with Crippen molar-refractivity contribution in [1.29, 1.82) is 0 Å². The number of methoxy groups -OCH3 is 2. The summed E-state index contributed by atoms with van der Waals surface area (Å²) in [4.78, 5) is 21.5. The summed E-state index contributed by atoms with van der Waals surface area (Å²) in [6, 6.07) is 4.65. The van der Waals surface area contributed by atoms with Gasteiger partial charge in [0.1, 0.15) is 5.75 Å². The highest BCUT2D eigenvalue weighted by Gasteiger charge is 2.13. The van der Waals surface area contributed by atoms with Gasteiger partial charge in [-0.2, -0.15) is 11.8 Å². The lowest BCUT2D eigenvalue weighted by molar-refractivity contribution is -0.385. The van der Waals surface area contributed by atoms with Crippen LogP contribution in [0.25, 0.3) is 0 Å². The fourth-order valence-electron chi connectivity index (χ4n) is 1.57. The molecule has 0 radical (unpaired) electrons. The number of nitro benzene ring substituents is 1. The molecule has 1 aromatic rings. The van der Waals surface area contributed by atoms with E-state index >= 15 is 0 Å². The molecule has 0 N–H and O–H groups in total. The van der Waals surface area contributed by atoms with Gasteiger partial charge in [0.25, 0.3) is 5.69 Å². The molecule has 1 atom stereocenters. The topological polar surface area (TPSA) is 78.7 Å². The zero-order valence-electron chi connectivity index (χ0n) is 11.6. The van der Waals surface area contributed by atoms with E-state index in [1.807, 2.05) is 6.92 Å². The summed E-state index contributed by atoms with van der Waals surface area (Å²) >= 11 is 1.53. The lowest BCUT2D eigenvalue weighted by Crippen LogP contribution is -2.08. The van der Waals surface area contributed by atoms with Crippen molar-refractivity contribution in [1.82, 2.24) is 0 Å². The number of thioether (sulfide) groups is 1. The lowest BCUT2D eigenvalue weighted by Gasteiger charge is -2.10. The Hall–Kier alpha value is -1.76. The van der Waals surface area contributed by atoms with Crippen LogP contribution in [0.4, 0.5) is 5.69 Å². The zero-order chi connectivity index (χ0) is 15.1. The van der Waals surface area contributed by atoms with Crippen LogP contribution in [0.3, 0.4) is 0 Å². The van der Waals surface area contributed by atoms with Crippen LogP contribution in [0.15, 0.2) is 18.2 Å². The van der Waals surface area contributed by atoms with Gasteiger partial charge in [-0.05, 0) is 11.6 Å². The first kappa shape index (κ1) is 16.3. The van der Waals surface area contributed by atoms with Gasteiger partial charge < -0.3 is 9.47 Å². The third-order valence-electron chi connectivity index (χ3n) is 2.61. The molecular weight excluding hydrogens is 282 g/mol. The van der Waals surface area contributed by atoms with Crippen molar-refractivity contribution in [2.24, 2.45) is 0 Å². The normalized spacial score (nSPS) is 11.8. The third-order valence-corrected chi connectivity index (χ3v) is 3.85. The summed E-state index contributed by atoms with van der Waals surface area (Å²) in [5, 5.41) is 10.9. The molecule has 1 aromatic carbocycles. The van der Waals surface area contributed by atoms with Gasteiger partial charge in [-0.25, -0.2) is 0 Å². The first-order chi connectivity index (χ1) is 9.46. The molecule has 0 bridgehead atoms. The number of hydrogen-bond acceptors (Lipinski definition) is 6. The molecule has 0 amide bonds. The molecule has 0 fully saturated rings. The Labute approximate surface area is 121 Å². The molecule has 1 rings (SSSR count). The number of rotatable bonds is 7. The summed E-state index contributed by atoms with van der Waals surface area (Å²) in [5.74, 6) is 0.757. The van der Waals surface area contributed by atoms with Gasteiger partial charge in [-0.15, -0.1) is 0 Å². The summed E-state index contributed by atoms with van der Waals surface area (Å²) in [5.41, 5.74) is 0.790. The highest BCUT2D eigenvalue weighted by atomic mass is 32.2. The maximum atomic E-state index is 11.1. The summed E-state index contributed by atoms with van der Waals surface area (Å²) < 4.78 is 9.65. The smallest absolute Gasteiger partial charge is 0.306 e. The van der Waals surface area contributed by atoms with Crippen LogP contribution in [-0.4, -0.2) is 30.4 Å². The van der Waals surface area contributed by atoms with Crippen LogP contribution < -0.4 is 4.74 Å². The minimum absolute atomic E-state index is 0.000529. The molecule has 0 aliphatic carbocycles. The standard InChI is InChI=1S/C13H17NO5S/c1-9(4-13(15)19-3)20-8-10-5-11(14(16)17)7-12(6-10)18-2/h5-7,9H,4,8H2,1-3H3. The molecular formula is C13H17NO5S. The molecule has 0 aliphatic rings. The van der Waals surface area contributed by atoms with Gasteiger partial charge in [-0.3, -0.25) is 14.9 Å². The van der Waals surface area contributed by atoms with Crippen molar-refractivity contribution in [2.45, 2.75) is 24.3 Å². The molecule has 0 saturated carbocycles. The Balaban J connectivity index is 2.69. The van der Waals surface area contributed by atoms with Crippen LogP contribution in [0, 0.1) is 10.1 Å². The number of carbonyl (C=O) groups excluding carboxylic acids is 1. The quantitative estimate of drug-likeness (QED) is 0.437. The average molecular weight is 299 g/mol. The Morgan fingerprint density at radius 2 is 2.10 bits per heavy atom. The molecule has 20 heavy (non-hydrogen) atoms. The maximum absolute atomic E-state index is 11.1. The maximum Gasteiger partial charge on any atom is 0.306 e. The highest BCUT2D eigenvalue weighted by molar-refractivity contribution is 7.99. The summed E-state index contributed by atoms with van der Waals surface area (Å²) in [7, 11) is 2.82. The fourth-order valence-corrected chi connectivity index (χ4v) is 2.46. The van der Waals surface area contributed by atoms with E-state index in [-0.39, 0.29) is 16.9 Å². The van der Waals surface area contributed by atoms with E-state index in [1.54, 1.807) is 6.07 Å². The van der Waals surface area contributed by atoms with Gasteiger partial charge in [0.05, 0.1) is 31.6 Å². The third kappa shape index (κ3) is 5.08. The number of non-ortho nitro benzene ring substituents is 1. The number of esters is 1. The van der Waals surface area contributed by atoms with Crippen LogP contribution in [0.5, 0.6) is 5.75 Å². The second-order valence-electron chi connectivity index (χ2n) is 4.20. The number of benzene rings is 1. The van der Waals surface area contributed by atoms with Crippen molar-refractivity contribution < 1.29 is 19.2 Å². The van der Waals surface area contributed by atoms with Crippen molar-refractivity contribution in [3.63, 3.8) is 0 Å². The number of carbonyl (C=O) groups is 1. The molecule has 1 unspecified atom stereocenters. The Bertz CT molecular complexity index is 492. The lowest BCUT2D eigenvalue weighted by atomic mass is 10.2. The SMILES string of the molecule is COC(=O)CC(C)SCc1cc(OC)cc([N+](=O)[O-])c1. The molecule has 0 spiro atoms. The van der Waals surface area contributed by atoms with E-state index in [0.717, 1.165) is 5.56 Å². The molecule has 6 nitrogen and oxygen atoms in total.